The Labute approximate surface area is 241 Å². The molecule has 11 heteroatoms. The molecule has 0 unspecified atom stereocenters. The van der Waals surface area contributed by atoms with Crippen LogP contribution >= 0.6 is 11.3 Å². The third kappa shape index (κ3) is 5.72. The average molecular weight is 589 g/mol. The minimum atomic E-state index is -3.61. The summed E-state index contributed by atoms with van der Waals surface area (Å²) < 4.78 is 33.2. The van der Waals surface area contributed by atoms with Crippen molar-refractivity contribution < 1.29 is 22.7 Å². The second kappa shape index (κ2) is 10.8. The molecule has 2 aromatic rings. The lowest BCUT2D eigenvalue weighted by Gasteiger charge is -2.42. The van der Waals surface area contributed by atoms with Crippen LogP contribution in [0.25, 0.3) is 0 Å². The quantitative estimate of drug-likeness (QED) is 0.546. The fourth-order valence-electron chi connectivity index (χ4n) is 6.09. The van der Waals surface area contributed by atoms with Crippen LogP contribution in [-0.4, -0.2) is 74.4 Å². The molecule has 2 N–H and O–H groups in total. The Morgan fingerprint density at radius 1 is 1.02 bits per heavy atom. The first-order chi connectivity index (χ1) is 18.8. The molecule has 3 aliphatic rings. The summed E-state index contributed by atoms with van der Waals surface area (Å²) in [6.45, 7) is 13.6. The molecular weight excluding hydrogens is 548 g/mol. The van der Waals surface area contributed by atoms with Crippen molar-refractivity contribution in [3.8, 4) is 0 Å². The highest BCUT2D eigenvalue weighted by atomic mass is 32.2. The maximum atomic E-state index is 13.9. The molecule has 0 atom stereocenters. The van der Waals surface area contributed by atoms with E-state index in [1.165, 1.54) is 27.8 Å². The largest absolute Gasteiger partial charge is 0.378 e. The van der Waals surface area contributed by atoms with E-state index in [0.29, 0.717) is 67.9 Å². The van der Waals surface area contributed by atoms with E-state index in [9.17, 15) is 18.0 Å². The SMILES string of the molecule is CC1CCN(S(=O)(=O)c2ccc(C(=O)Nc3sc4c(c3C(=O)N3CCOCC3)CC(C)(C)NC4(C)C)cc2)CC1. The molecule has 0 aliphatic carbocycles. The highest BCUT2D eigenvalue weighted by Gasteiger charge is 2.42. The van der Waals surface area contributed by atoms with Gasteiger partial charge in [-0.1, -0.05) is 6.92 Å². The summed E-state index contributed by atoms with van der Waals surface area (Å²) in [7, 11) is -3.61. The van der Waals surface area contributed by atoms with Crippen molar-refractivity contribution >= 4 is 38.2 Å². The molecule has 2 amide bonds. The third-order valence-corrected chi connectivity index (χ3v) is 11.5. The van der Waals surface area contributed by atoms with Gasteiger partial charge in [0, 0.05) is 47.7 Å². The van der Waals surface area contributed by atoms with Gasteiger partial charge in [-0.25, -0.2) is 8.42 Å². The Morgan fingerprint density at radius 3 is 2.27 bits per heavy atom. The smallest absolute Gasteiger partial charge is 0.257 e. The second-order valence-electron chi connectivity index (χ2n) is 12.4. The first-order valence-electron chi connectivity index (χ1n) is 14.0. The zero-order valence-electron chi connectivity index (χ0n) is 24.0. The number of morpholine rings is 1. The molecule has 0 spiro atoms. The average Bonchev–Trinajstić information content (AvgIpc) is 3.26. The molecule has 4 heterocycles. The number of hydrogen-bond acceptors (Lipinski definition) is 7. The summed E-state index contributed by atoms with van der Waals surface area (Å²) in [5, 5.41) is 7.21. The number of benzene rings is 1. The number of nitrogens with one attached hydrogen (secondary N) is 2. The van der Waals surface area contributed by atoms with Gasteiger partial charge in [0.2, 0.25) is 10.0 Å². The predicted octanol–water partition coefficient (Wildman–Crippen LogP) is 4.05. The molecule has 1 aromatic heterocycles. The van der Waals surface area contributed by atoms with Crippen LogP contribution < -0.4 is 10.6 Å². The van der Waals surface area contributed by atoms with Gasteiger partial charge < -0.3 is 20.3 Å². The molecule has 0 saturated carbocycles. The number of sulfonamides is 1. The molecule has 5 rings (SSSR count). The van der Waals surface area contributed by atoms with Crippen molar-refractivity contribution in [1.82, 2.24) is 14.5 Å². The molecule has 2 saturated heterocycles. The fourth-order valence-corrected chi connectivity index (χ4v) is 8.83. The molecule has 2 fully saturated rings. The number of anilines is 1. The van der Waals surface area contributed by atoms with Crippen LogP contribution in [0.4, 0.5) is 5.00 Å². The van der Waals surface area contributed by atoms with Gasteiger partial charge in [0.25, 0.3) is 11.8 Å². The topological polar surface area (TPSA) is 108 Å². The van der Waals surface area contributed by atoms with Crippen LogP contribution in [0.2, 0.25) is 0 Å². The number of amides is 2. The van der Waals surface area contributed by atoms with Gasteiger partial charge in [-0.3, -0.25) is 9.59 Å². The van der Waals surface area contributed by atoms with E-state index in [0.717, 1.165) is 23.3 Å². The molecule has 218 valence electrons. The number of carbonyl (C=O) groups is 2. The Hall–Kier alpha value is -2.31. The van der Waals surface area contributed by atoms with Crippen molar-refractivity contribution in [3.63, 3.8) is 0 Å². The summed E-state index contributed by atoms with van der Waals surface area (Å²) in [6.07, 6.45) is 2.35. The van der Waals surface area contributed by atoms with Crippen LogP contribution in [0.15, 0.2) is 29.2 Å². The number of ether oxygens (including phenoxy) is 1. The van der Waals surface area contributed by atoms with E-state index >= 15 is 0 Å². The lowest BCUT2D eigenvalue weighted by Crippen LogP contribution is -2.55. The van der Waals surface area contributed by atoms with Crippen molar-refractivity contribution in [2.75, 3.05) is 44.7 Å². The van der Waals surface area contributed by atoms with E-state index in [1.54, 1.807) is 17.0 Å². The van der Waals surface area contributed by atoms with Gasteiger partial charge in [0.1, 0.15) is 5.00 Å². The van der Waals surface area contributed by atoms with Crippen molar-refractivity contribution in [1.29, 1.82) is 0 Å². The lowest BCUT2D eigenvalue weighted by molar-refractivity contribution is 0.0302. The minimum Gasteiger partial charge on any atom is -0.378 e. The van der Waals surface area contributed by atoms with Crippen LogP contribution in [0.3, 0.4) is 0 Å². The van der Waals surface area contributed by atoms with Crippen LogP contribution in [-0.2, 0) is 26.7 Å². The number of nitrogens with zero attached hydrogens (tertiary/aromatic N) is 2. The minimum absolute atomic E-state index is 0.0955. The Bertz CT molecular complexity index is 1380. The number of piperidine rings is 1. The number of fused-ring (bicyclic) bond motifs is 1. The molecule has 0 radical (unpaired) electrons. The van der Waals surface area contributed by atoms with Gasteiger partial charge in [0.15, 0.2) is 0 Å². The molecule has 1 aromatic carbocycles. The van der Waals surface area contributed by atoms with Crippen molar-refractivity contribution in [2.45, 2.75) is 69.9 Å². The molecule has 0 bridgehead atoms. The van der Waals surface area contributed by atoms with Gasteiger partial charge in [0.05, 0.1) is 23.7 Å². The number of rotatable bonds is 5. The van der Waals surface area contributed by atoms with Crippen LogP contribution in [0.5, 0.6) is 0 Å². The lowest BCUT2D eigenvalue weighted by atomic mass is 9.81. The normalized spacial score (nSPS) is 21.6. The molecular formula is C29H40N4O5S2. The second-order valence-corrected chi connectivity index (χ2v) is 15.4. The first kappa shape index (κ1) is 29.2. The van der Waals surface area contributed by atoms with Gasteiger partial charge in [-0.2, -0.15) is 4.31 Å². The Morgan fingerprint density at radius 2 is 1.65 bits per heavy atom. The number of hydrogen-bond donors (Lipinski definition) is 2. The Balaban J connectivity index is 1.43. The van der Waals surface area contributed by atoms with Crippen LogP contribution in [0.1, 0.15) is 78.6 Å². The van der Waals surface area contributed by atoms with E-state index in [2.05, 4.69) is 45.3 Å². The van der Waals surface area contributed by atoms with E-state index in [4.69, 9.17) is 4.74 Å². The molecule has 40 heavy (non-hydrogen) atoms. The highest BCUT2D eigenvalue weighted by molar-refractivity contribution is 7.89. The summed E-state index contributed by atoms with van der Waals surface area (Å²) in [6, 6.07) is 6.08. The predicted molar refractivity (Wildman–Crippen MR) is 157 cm³/mol. The highest BCUT2D eigenvalue weighted by Crippen LogP contribution is 2.45. The van der Waals surface area contributed by atoms with Crippen molar-refractivity contribution in [3.05, 3.63) is 45.8 Å². The summed E-state index contributed by atoms with van der Waals surface area (Å²) >= 11 is 1.44. The number of carbonyl (C=O) groups excluding carboxylic acids is 2. The fraction of sp³-hybridized carbons (Fsp3) is 0.586. The zero-order valence-corrected chi connectivity index (χ0v) is 25.6. The third-order valence-electron chi connectivity index (χ3n) is 8.08. The van der Waals surface area contributed by atoms with Crippen molar-refractivity contribution in [2.24, 2.45) is 5.92 Å². The first-order valence-corrected chi connectivity index (χ1v) is 16.3. The Kier molecular flexibility index (Phi) is 7.90. The standard InChI is InChI=1S/C29H40N4O5S2/c1-19-10-12-33(13-11-19)40(36,37)21-8-6-20(7-9-21)25(34)30-26-23(27(35)32-14-16-38-17-15-32)22-18-28(2,3)31-29(4,5)24(22)39-26/h6-9,19,31H,10-18H2,1-5H3,(H,30,34). The summed E-state index contributed by atoms with van der Waals surface area (Å²) in [5.41, 5.74) is 1.25. The van der Waals surface area contributed by atoms with Gasteiger partial charge >= 0.3 is 0 Å². The van der Waals surface area contributed by atoms with E-state index in [-0.39, 0.29) is 27.8 Å². The van der Waals surface area contributed by atoms with Crippen LogP contribution in [0, 0.1) is 5.92 Å². The van der Waals surface area contributed by atoms with Gasteiger partial charge in [-0.05, 0) is 82.7 Å². The summed E-state index contributed by atoms with van der Waals surface area (Å²) in [4.78, 5) is 30.3. The molecule has 9 nitrogen and oxygen atoms in total. The van der Waals surface area contributed by atoms with E-state index in [1.807, 2.05) is 0 Å². The maximum absolute atomic E-state index is 13.9. The zero-order chi connectivity index (χ0) is 28.9. The summed E-state index contributed by atoms with van der Waals surface area (Å²) in [5.74, 6) is 0.0465. The molecule has 3 aliphatic heterocycles. The monoisotopic (exact) mass is 588 g/mol. The van der Waals surface area contributed by atoms with Gasteiger partial charge in [-0.15, -0.1) is 11.3 Å². The maximum Gasteiger partial charge on any atom is 0.257 e. The number of thiophene rings is 1. The van der Waals surface area contributed by atoms with E-state index < -0.39 is 10.0 Å².